The molecule has 320 valence electrons. The summed E-state index contributed by atoms with van der Waals surface area (Å²) >= 11 is 1.02. The van der Waals surface area contributed by atoms with E-state index in [9.17, 15) is 31.5 Å². The second-order valence-corrected chi connectivity index (χ2v) is 15.1. The van der Waals surface area contributed by atoms with Gasteiger partial charge in [0.25, 0.3) is 10.3 Å². The number of hydrogen-bond donors (Lipinski definition) is 1. The van der Waals surface area contributed by atoms with Gasteiger partial charge in [0.05, 0.1) is 43.2 Å². The van der Waals surface area contributed by atoms with Gasteiger partial charge in [0.1, 0.15) is 11.4 Å². The third-order valence-corrected chi connectivity index (χ3v) is 10.7. The maximum atomic E-state index is 14.3. The van der Waals surface area contributed by atoms with Crippen LogP contribution in [-0.4, -0.2) is 89.7 Å². The lowest BCUT2D eigenvalue weighted by Gasteiger charge is -2.32. The fraction of sp³-hybridized carbons (Fsp3) is 0.455. The largest absolute Gasteiger partial charge is 0.463 e. The molecule has 4 rings (SSSR count). The molecule has 0 fully saturated rings. The maximum absolute atomic E-state index is 14.3. The van der Waals surface area contributed by atoms with Gasteiger partial charge < -0.3 is 19.3 Å². The topological polar surface area (TPSA) is 179 Å². The summed E-state index contributed by atoms with van der Waals surface area (Å²) in [6.07, 6.45) is 0. The second kappa shape index (κ2) is 22.5. The van der Waals surface area contributed by atoms with E-state index in [0.717, 1.165) is 27.0 Å². The zero-order chi connectivity index (χ0) is 43.1. The third-order valence-electron chi connectivity index (χ3n) is 7.64. The van der Waals surface area contributed by atoms with Gasteiger partial charge in [-0.25, -0.2) is 19.4 Å². The minimum atomic E-state index is -4.88. The number of anilines is 4. The van der Waals surface area contributed by atoms with E-state index in [1.807, 2.05) is 37.5 Å². The first-order valence-corrected chi connectivity index (χ1v) is 21.1. The monoisotopic (exact) mass is 905 g/mol. The van der Waals surface area contributed by atoms with E-state index in [1.54, 1.807) is 32.0 Å². The number of carbonyl (C=O) groups is 2. The number of ether oxygens (including phenoxy) is 2. The van der Waals surface area contributed by atoms with Gasteiger partial charge in [0.2, 0.25) is 10.0 Å². The van der Waals surface area contributed by atoms with E-state index >= 15 is 0 Å². The van der Waals surface area contributed by atoms with Gasteiger partial charge in [-0.2, -0.15) is 22.0 Å². The summed E-state index contributed by atoms with van der Waals surface area (Å²) in [5.74, 6) is -4.47. The quantitative estimate of drug-likeness (QED) is 0.0196. The summed E-state index contributed by atoms with van der Waals surface area (Å²) in [5.41, 5.74) is -1.16. The van der Waals surface area contributed by atoms with Crippen LogP contribution in [0.2, 0.25) is 0 Å². The van der Waals surface area contributed by atoms with Crippen LogP contribution >= 0.6 is 46.6 Å². The molecule has 17 nitrogen and oxygen atoms in total. The van der Waals surface area contributed by atoms with E-state index in [0.29, 0.717) is 42.0 Å². The molecule has 0 aliphatic heterocycles. The van der Waals surface area contributed by atoms with Crippen LogP contribution in [0.4, 0.5) is 66.3 Å². The Hall–Kier alpha value is -4.79. The Labute approximate surface area is 352 Å². The number of nitrogens with one attached hydrogen (secondary N) is 1. The van der Waals surface area contributed by atoms with Crippen molar-refractivity contribution in [3.63, 3.8) is 0 Å². The first kappa shape index (κ1) is 46.9. The summed E-state index contributed by atoms with van der Waals surface area (Å²) in [4.78, 5) is 28.1. The Bertz CT molecular complexity index is 2050. The van der Waals surface area contributed by atoms with Crippen molar-refractivity contribution in [2.45, 2.75) is 52.8 Å². The number of carbonyl (C=O) groups excluding carboxylic acids is 2. The summed E-state index contributed by atoms with van der Waals surface area (Å²) < 4.78 is 83.3. The highest BCUT2D eigenvalue weighted by Gasteiger charge is 2.35. The van der Waals surface area contributed by atoms with Crippen molar-refractivity contribution in [1.29, 1.82) is 0 Å². The molecule has 0 aliphatic carbocycles. The van der Waals surface area contributed by atoms with Crippen LogP contribution in [0.15, 0.2) is 56.9 Å². The summed E-state index contributed by atoms with van der Waals surface area (Å²) in [6.45, 7) is 12.5. The molecule has 1 N–H and O–H groups in total. The summed E-state index contributed by atoms with van der Waals surface area (Å²) in [6, 6.07) is 9.33. The first-order valence-electron chi connectivity index (χ1n) is 17.9. The fourth-order valence-electron chi connectivity index (χ4n) is 5.06. The number of rotatable bonds is 22. The van der Waals surface area contributed by atoms with Gasteiger partial charge in [0, 0.05) is 49.5 Å². The van der Waals surface area contributed by atoms with Crippen LogP contribution in [-0.2, 0) is 9.47 Å². The van der Waals surface area contributed by atoms with Crippen molar-refractivity contribution in [2.75, 3.05) is 64.6 Å². The van der Waals surface area contributed by atoms with E-state index in [2.05, 4.69) is 46.3 Å². The lowest BCUT2D eigenvalue weighted by Crippen LogP contribution is -2.41. The lowest BCUT2D eigenvalue weighted by molar-refractivity contribution is -0.0331. The van der Waals surface area contributed by atoms with Crippen LogP contribution in [0, 0.1) is 0 Å². The molecule has 0 unspecified atom stereocenters. The Balaban J connectivity index is 1.79. The molecular weight excluding hydrogens is 866 g/mol. The molecule has 0 radical (unpaired) electrons. The molecule has 4 aromatic rings. The number of halogens is 5. The highest BCUT2D eigenvalue weighted by molar-refractivity contribution is 8.01. The second-order valence-electron chi connectivity index (χ2n) is 11.2. The maximum Gasteiger partial charge on any atom is 0.463 e. The minimum Gasteiger partial charge on any atom is -0.461 e. The molecule has 2 heterocycles. The van der Waals surface area contributed by atoms with Crippen molar-refractivity contribution in [1.82, 2.24) is 25.8 Å². The molecule has 0 amide bonds. The minimum absolute atomic E-state index is 0.0359. The molecule has 2 aromatic carbocycles. The zero-order valence-corrected chi connectivity index (χ0v) is 35.8. The number of azo groups is 2. The van der Waals surface area contributed by atoms with Gasteiger partial charge in [-0.1, -0.05) is 22.7 Å². The highest BCUT2D eigenvalue weighted by atomic mass is 32.2. The number of alkyl halides is 5. The smallest absolute Gasteiger partial charge is 0.461 e. The van der Waals surface area contributed by atoms with E-state index in [4.69, 9.17) is 9.47 Å². The molecule has 26 heteroatoms. The highest BCUT2D eigenvalue weighted by Crippen LogP contribution is 2.43. The zero-order valence-electron chi connectivity index (χ0n) is 32.5. The molecule has 0 atom stereocenters. The molecule has 0 saturated heterocycles. The normalized spacial score (nSPS) is 11.8. The first-order chi connectivity index (χ1) is 28.2. The predicted molar refractivity (Wildman–Crippen MR) is 220 cm³/mol. The van der Waals surface area contributed by atoms with Gasteiger partial charge in [-0.3, -0.25) is 4.31 Å². The van der Waals surface area contributed by atoms with Crippen LogP contribution in [0.5, 0.6) is 0 Å². The summed E-state index contributed by atoms with van der Waals surface area (Å²) in [7, 11) is 0. The average Bonchev–Trinajstić information content (AvgIpc) is 3.89. The van der Waals surface area contributed by atoms with Crippen molar-refractivity contribution in [2.24, 2.45) is 20.5 Å². The van der Waals surface area contributed by atoms with Gasteiger partial charge in [-0.05, 0) is 77.9 Å². The predicted octanol–water partition coefficient (Wildman–Crippen LogP) is 10.1. The Morgan fingerprint density at radius 1 is 0.729 bits per heavy atom. The molecule has 0 spiro atoms. The number of benzene rings is 2. The average molecular weight is 906 g/mol. The standard InChI is InChI=1S/C33H40F5N13O4S4/c1-7-48(8-2)20-13-15-22(40-44-31-46-42-26(56-31)28(52)54-11-5)24(17-20)50(58-30(34)35)19-39-51(59-33(36,37)38)25-18-21(49(9-3)10-4)14-16-23(25)41-45-32-47-43-27(57-32)29(53)55-12-6/h13-18,30,39H,7-12,19H2,1-6H3/b44-40+,45-41+. The Kier molecular flexibility index (Phi) is 17.9. The van der Waals surface area contributed by atoms with E-state index < -0.39 is 41.8 Å². The van der Waals surface area contributed by atoms with Crippen molar-refractivity contribution >= 4 is 103 Å². The van der Waals surface area contributed by atoms with Gasteiger partial charge in [0.15, 0.2) is 0 Å². The number of aromatic nitrogens is 4. The third kappa shape index (κ3) is 13.6. The summed E-state index contributed by atoms with van der Waals surface area (Å²) in [5, 5.41) is 31.3. The van der Waals surface area contributed by atoms with Crippen LogP contribution in [0.1, 0.15) is 61.1 Å². The number of hydrogen-bond acceptors (Lipinski definition) is 21. The Morgan fingerprint density at radius 2 is 1.19 bits per heavy atom. The Morgan fingerprint density at radius 3 is 1.61 bits per heavy atom. The van der Waals surface area contributed by atoms with Crippen molar-refractivity contribution < 1.29 is 41.0 Å². The van der Waals surface area contributed by atoms with Gasteiger partial charge >= 0.3 is 23.2 Å². The molecule has 0 saturated carbocycles. The fourth-order valence-corrected chi connectivity index (χ4v) is 7.33. The van der Waals surface area contributed by atoms with Crippen molar-refractivity contribution in [3.8, 4) is 0 Å². The number of esters is 2. The van der Waals surface area contributed by atoms with Crippen LogP contribution < -0.4 is 23.9 Å². The van der Waals surface area contributed by atoms with E-state index in [-0.39, 0.29) is 68.2 Å². The molecule has 59 heavy (non-hydrogen) atoms. The molecular formula is C33H40F5N13O4S4. The van der Waals surface area contributed by atoms with Crippen LogP contribution in [0.3, 0.4) is 0 Å². The van der Waals surface area contributed by atoms with Gasteiger partial charge in [-0.15, -0.1) is 40.9 Å². The van der Waals surface area contributed by atoms with Crippen molar-refractivity contribution in [3.05, 3.63) is 46.4 Å². The SMILES string of the molecule is CCOC(=O)c1nnc(/N=N/c2ccc(N(CC)CC)cc2N(CNN(SC(F)(F)F)c2cc(N(CC)CC)ccc2/N=N/c2nnc(C(=O)OCC)s2)SC(F)F)s1. The molecule has 0 bridgehead atoms. The van der Waals surface area contributed by atoms with E-state index in [1.165, 1.54) is 18.2 Å². The molecule has 0 aliphatic rings. The lowest BCUT2D eigenvalue weighted by atomic mass is 10.2. The molecule has 2 aromatic heterocycles. The van der Waals surface area contributed by atoms with Crippen LogP contribution in [0.25, 0.3) is 0 Å². The number of nitrogens with zero attached hydrogens (tertiary/aromatic N) is 12. The number of hydrazine groups is 1.